The number of carbonyl (C=O) groups excluding carboxylic acids is 1. The Hall–Kier alpha value is -1.81. The first-order valence-corrected chi connectivity index (χ1v) is 7.77. The molecule has 4 heteroatoms. The molecule has 104 valence electrons. The molecule has 2 aromatic rings. The van der Waals surface area contributed by atoms with Crippen molar-refractivity contribution in [2.24, 2.45) is 0 Å². The lowest BCUT2D eigenvalue weighted by Crippen LogP contribution is -2.27. The number of thiophene rings is 1. The minimum absolute atomic E-state index is 0.0899. The van der Waals surface area contributed by atoms with Crippen LogP contribution in [0.1, 0.15) is 35.7 Å². The maximum absolute atomic E-state index is 12.2. The van der Waals surface area contributed by atoms with Crippen LogP contribution in [0.3, 0.4) is 0 Å². The predicted molar refractivity (Wildman–Crippen MR) is 83.2 cm³/mol. The molecule has 1 aromatic heterocycles. The van der Waals surface area contributed by atoms with Gasteiger partial charge in [-0.15, -0.1) is 11.3 Å². The van der Waals surface area contributed by atoms with Crippen LogP contribution in [0.2, 0.25) is 0 Å². The Morgan fingerprint density at radius 3 is 3.05 bits per heavy atom. The van der Waals surface area contributed by atoms with E-state index in [0.717, 1.165) is 12.2 Å². The second-order valence-electron chi connectivity index (χ2n) is 5.17. The van der Waals surface area contributed by atoms with Crippen LogP contribution in [-0.4, -0.2) is 12.5 Å². The molecule has 0 spiro atoms. The van der Waals surface area contributed by atoms with Gasteiger partial charge in [0.2, 0.25) is 5.91 Å². The Morgan fingerprint density at radius 2 is 2.25 bits per heavy atom. The number of benzene rings is 1. The van der Waals surface area contributed by atoms with E-state index in [1.807, 2.05) is 30.5 Å². The van der Waals surface area contributed by atoms with Crippen molar-refractivity contribution in [3.63, 3.8) is 0 Å². The van der Waals surface area contributed by atoms with Crippen LogP contribution in [0.4, 0.5) is 5.69 Å². The van der Waals surface area contributed by atoms with Crippen LogP contribution >= 0.6 is 11.3 Å². The van der Waals surface area contributed by atoms with Crippen LogP contribution in [0.5, 0.6) is 0 Å². The molecule has 0 saturated carbocycles. The van der Waals surface area contributed by atoms with Gasteiger partial charge in [0.1, 0.15) is 0 Å². The minimum Gasteiger partial charge on any atom is -0.384 e. The van der Waals surface area contributed by atoms with Crippen molar-refractivity contribution in [3.05, 3.63) is 52.2 Å². The fourth-order valence-electron chi connectivity index (χ4n) is 2.67. The molecular formula is C16H18N2OS. The highest BCUT2D eigenvalue weighted by molar-refractivity contribution is 7.10. The van der Waals surface area contributed by atoms with E-state index in [4.69, 9.17) is 0 Å². The summed E-state index contributed by atoms with van der Waals surface area (Å²) in [5.41, 5.74) is 2.42. The number of amides is 1. The van der Waals surface area contributed by atoms with E-state index in [1.165, 1.54) is 10.4 Å². The van der Waals surface area contributed by atoms with Crippen LogP contribution in [0.25, 0.3) is 0 Å². The highest BCUT2D eigenvalue weighted by Crippen LogP contribution is 2.33. The van der Waals surface area contributed by atoms with E-state index in [2.05, 4.69) is 28.8 Å². The zero-order valence-corrected chi connectivity index (χ0v) is 12.2. The molecule has 3 nitrogen and oxygen atoms in total. The van der Waals surface area contributed by atoms with Gasteiger partial charge < -0.3 is 10.6 Å². The number of nitrogens with one attached hydrogen (secondary N) is 2. The van der Waals surface area contributed by atoms with Gasteiger partial charge in [-0.05, 0) is 30.0 Å². The number of para-hydroxylation sites is 1. The standard InChI is InChI=1S/C16H18N2OS/c1-11(15-7-4-8-20-15)18-16(19)9-12-10-17-14-6-3-2-5-13(12)14/h2-8,11-12,17H,9-10H2,1H3,(H,18,19)/t11-,12?/m0/s1. The van der Waals surface area contributed by atoms with E-state index in [-0.39, 0.29) is 17.9 Å². The van der Waals surface area contributed by atoms with Crippen molar-refractivity contribution in [2.75, 3.05) is 11.9 Å². The molecule has 1 aliphatic heterocycles. The first kappa shape index (κ1) is 13.2. The monoisotopic (exact) mass is 286 g/mol. The molecule has 0 aliphatic carbocycles. The molecule has 1 amide bonds. The maximum Gasteiger partial charge on any atom is 0.221 e. The molecule has 0 bridgehead atoms. The molecule has 0 fully saturated rings. The van der Waals surface area contributed by atoms with Gasteiger partial charge in [0.25, 0.3) is 0 Å². The summed E-state index contributed by atoms with van der Waals surface area (Å²) in [6.07, 6.45) is 0.541. The Balaban J connectivity index is 1.60. The van der Waals surface area contributed by atoms with Crippen LogP contribution in [0.15, 0.2) is 41.8 Å². The highest BCUT2D eigenvalue weighted by atomic mass is 32.1. The van der Waals surface area contributed by atoms with E-state index in [9.17, 15) is 4.79 Å². The molecule has 2 atom stereocenters. The molecule has 0 radical (unpaired) electrons. The summed E-state index contributed by atoms with van der Waals surface area (Å²) in [6, 6.07) is 12.4. The van der Waals surface area contributed by atoms with Crippen molar-refractivity contribution < 1.29 is 4.79 Å². The minimum atomic E-state index is 0.0899. The van der Waals surface area contributed by atoms with Crippen LogP contribution in [0, 0.1) is 0 Å². The van der Waals surface area contributed by atoms with Gasteiger partial charge >= 0.3 is 0 Å². The van der Waals surface area contributed by atoms with Gasteiger partial charge in [0.05, 0.1) is 6.04 Å². The molecule has 3 rings (SSSR count). The topological polar surface area (TPSA) is 41.1 Å². The van der Waals surface area contributed by atoms with Gasteiger partial charge in [-0.3, -0.25) is 4.79 Å². The van der Waals surface area contributed by atoms with E-state index in [0.29, 0.717) is 6.42 Å². The lowest BCUT2D eigenvalue weighted by molar-refractivity contribution is -0.122. The number of rotatable bonds is 4. The number of hydrogen-bond acceptors (Lipinski definition) is 3. The van der Waals surface area contributed by atoms with Crippen molar-refractivity contribution in [2.45, 2.75) is 25.3 Å². The smallest absolute Gasteiger partial charge is 0.221 e. The maximum atomic E-state index is 12.2. The summed E-state index contributed by atoms with van der Waals surface area (Å²) >= 11 is 1.68. The summed E-state index contributed by atoms with van der Waals surface area (Å²) in [7, 11) is 0. The lowest BCUT2D eigenvalue weighted by Gasteiger charge is -2.15. The van der Waals surface area contributed by atoms with Crippen molar-refractivity contribution >= 4 is 22.9 Å². The average Bonchev–Trinajstić information content (AvgIpc) is 3.09. The second kappa shape index (κ2) is 5.67. The van der Waals surface area contributed by atoms with Gasteiger partial charge in [-0.25, -0.2) is 0 Å². The highest BCUT2D eigenvalue weighted by Gasteiger charge is 2.24. The summed E-state index contributed by atoms with van der Waals surface area (Å²) in [4.78, 5) is 13.4. The third-order valence-electron chi connectivity index (χ3n) is 3.72. The van der Waals surface area contributed by atoms with Crippen LogP contribution < -0.4 is 10.6 Å². The van der Waals surface area contributed by atoms with Gasteiger partial charge in [0.15, 0.2) is 0 Å². The summed E-state index contributed by atoms with van der Waals surface area (Å²) in [6.45, 7) is 2.88. The third-order valence-corrected chi connectivity index (χ3v) is 4.77. The van der Waals surface area contributed by atoms with Crippen LogP contribution in [-0.2, 0) is 4.79 Å². The first-order chi connectivity index (χ1) is 9.74. The fraction of sp³-hybridized carbons (Fsp3) is 0.312. The van der Waals surface area contributed by atoms with Crippen molar-refractivity contribution in [1.29, 1.82) is 0 Å². The van der Waals surface area contributed by atoms with Crippen molar-refractivity contribution in [3.8, 4) is 0 Å². The van der Waals surface area contributed by atoms with Gasteiger partial charge in [0, 0.05) is 29.4 Å². The Kier molecular flexibility index (Phi) is 3.74. The lowest BCUT2D eigenvalue weighted by atomic mass is 9.97. The average molecular weight is 286 g/mol. The summed E-state index contributed by atoms with van der Waals surface area (Å²) < 4.78 is 0. The predicted octanol–water partition coefficient (Wildman–Crippen LogP) is 3.52. The quantitative estimate of drug-likeness (QED) is 0.903. The molecule has 1 aliphatic rings. The van der Waals surface area contributed by atoms with Gasteiger partial charge in [-0.2, -0.15) is 0 Å². The Bertz CT molecular complexity index is 594. The zero-order chi connectivity index (χ0) is 13.9. The second-order valence-corrected chi connectivity index (χ2v) is 6.15. The Labute approximate surface area is 123 Å². The Morgan fingerprint density at radius 1 is 1.40 bits per heavy atom. The fourth-order valence-corrected chi connectivity index (χ4v) is 3.41. The van der Waals surface area contributed by atoms with E-state index >= 15 is 0 Å². The summed E-state index contributed by atoms with van der Waals surface area (Å²) in [5.74, 6) is 0.399. The SMILES string of the molecule is C[C@H](NC(=O)CC1CNc2ccccc21)c1cccs1. The molecule has 1 aromatic carbocycles. The third kappa shape index (κ3) is 2.70. The molecule has 2 heterocycles. The molecule has 0 saturated heterocycles. The zero-order valence-electron chi connectivity index (χ0n) is 11.4. The first-order valence-electron chi connectivity index (χ1n) is 6.89. The van der Waals surface area contributed by atoms with E-state index < -0.39 is 0 Å². The van der Waals surface area contributed by atoms with Crippen molar-refractivity contribution in [1.82, 2.24) is 5.32 Å². The normalized spacial score (nSPS) is 18.1. The number of carbonyl (C=O) groups is 1. The molecule has 20 heavy (non-hydrogen) atoms. The molecule has 1 unspecified atom stereocenters. The van der Waals surface area contributed by atoms with Gasteiger partial charge in [-0.1, -0.05) is 24.3 Å². The number of anilines is 1. The largest absolute Gasteiger partial charge is 0.384 e. The number of hydrogen-bond donors (Lipinski definition) is 2. The summed E-state index contributed by atoms with van der Waals surface area (Å²) in [5, 5.41) is 8.48. The molecular weight excluding hydrogens is 268 g/mol. The number of fused-ring (bicyclic) bond motifs is 1. The van der Waals surface area contributed by atoms with E-state index in [1.54, 1.807) is 11.3 Å². The molecule has 2 N–H and O–H groups in total.